The molecule has 0 saturated carbocycles. The Balaban J connectivity index is 1.51. The molecule has 0 aliphatic carbocycles. The van der Waals surface area contributed by atoms with Crippen LogP contribution >= 0.6 is 0 Å². The van der Waals surface area contributed by atoms with Crippen molar-refractivity contribution in [2.45, 2.75) is 25.9 Å². The summed E-state index contributed by atoms with van der Waals surface area (Å²) >= 11 is 0. The molecule has 4 aromatic carbocycles. The van der Waals surface area contributed by atoms with Gasteiger partial charge in [0.2, 0.25) is 6.79 Å². The third kappa shape index (κ3) is 5.20. The molecule has 1 aliphatic heterocycles. The number of aryl methyl sites for hydroxylation is 1. The van der Waals surface area contributed by atoms with Gasteiger partial charge in [-0.2, -0.15) is 0 Å². The molecule has 5 heteroatoms. The van der Waals surface area contributed by atoms with Gasteiger partial charge in [-0.3, -0.25) is 4.79 Å². The predicted octanol–water partition coefficient (Wildman–Crippen LogP) is 6.72. The minimum Gasteiger partial charge on any atom is -0.497 e. The quantitative estimate of drug-likeness (QED) is 0.249. The lowest BCUT2D eigenvalue weighted by atomic mass is 9.84. The molecule has 0 aromatic heterocycles. The van der Waals surface area contributed by atoms with Crippen LogP contribution in [0.3, 0.4) is 0 Å². The molecule has 1 aliphatic rings. The summed E-state index contributed by atoms with van der Waals surface area (Å²) in [5.41, 5.74) is 4.75. The van der Waals surface area contributed by atoms with Gasteiger partial charge in [0.25, 0.3) is 0 Å². The molecule has 0 amide bonds. The van der Waals surface area contributed by atoms with Gasteiger partial charge in [0.05, 0.1) is 7.11 Å². The maximum absolute atomic E-state index is 13.5. The van der Waals surface area contributed by atoms with Crippen molar-refractivity contribution in [1.29, 1.82) is 0 Å². The molecule has 1 unspecified atom stereocenters. The molecule has 0 radical (unpaired) electrons. The van der Waals surface area contributed by atoms with E-state index in [-0.39, 0.29) is 24.9 Å². The van der Waals surface area contributed by atoms with Crippen LogP contribution in [-0.2, 0) is 6.61 Å². The number of ether oxygens (including phenoxy) is 4. The second kappa shape index (κ2) is 10.6. The van der Waals surface area contributed by atoms with E-state index in [0.29, 0.717) is 29.4 Å². The van der Waals surface area contributed by atoms with Crippen molar-refractivity contribution in [3.05, 3.63) is 119 Å². The minimum absolute atomic E-state index is 0.0378. The van der Waals surface area contributed by atoms with Gasteiger partial charge in [-0.25, -0.2) is 0 Å². The van der Waals surface area contributed by atoms with Gasteiger partial charge >= 0.3 is 0 Å². The zero-order chi connectivity index (χ0) is 24.9. The van der Waals surface area contributed by atoms with Gasteiger partial charge in [0.15, 0.2) is 17.3 Å². The second-order valence-electron chi connectivity index (χ2n) is 8.84. The number of Topliss-reactive ketones (excluding diaryl/α,β-unsaturated/α-hetero) is 1. The zero-order valence-corrected chi connectivity index (χ0v) is 20.4. The van der Waals surface area contributed by atoms with E-state index in [4.69, 9.17) is 18.9 Å². The standard InChI is InChI=1S/C31H28O5/c1-21-8-14-29(34-19-22-6-4-3-5-7-22)27(16-21)26(24-11-15-30-31(17-24)36-20-35-30)18-28(32)23-9-12-25(33-2)13-10-23/h3-17,26H,18-20H2,1-2H3. The number of carbonyl (C=O) groups is 1. The van der Waals surface area contributed by atoms with Crippen LogP contribution < -0.4 is 18.9 Å². The minimum atomic E-state index is -0.236. The maximum Gasteiger partial charge on any atom is 0.231 e. The smallest absolute Gasteiger partial charge is 0.231 e. The lowest BCUT2D eigenvalue weighted by molar-refractivity contribution is 0.0977. The van der Waals surface area contributed by atoms with Crippen LogP contribution in [0, 0.1) is 6.92 Å². The van der Waals surface area contributed by atoms with Crippen LogP contribution in [0.4, 0.5) is 0 Å². The number of methoxy groups -OCH3 is 1. The van der Waals surface area contributed by atoms with Gasteiger partial charge in [-0.1, -0.05) is 54.1 Å². The van der Waals surface area contributed by atoms with E-state index < -0.39 is 0 Å². The highest BCUT2D eigenvalue weighted by molar-refractivity contribution is 5.97. The van der Waals surface area contributed by atoms with Gasteiger partial charge in [-0.15, -0.1) is 0 Å². The first kappa shape index (κ1) is 23.5. The van der Waals surface area contributed by atoms with Crippen molar-refractivity contribution < 1.29 is 23.7 Å². The molecule has 1 heterocycles. The fraction of sp³-hybridized carbons (Fsp3) is 0.194. The average Bonchev–Trinajstić information content (AvgIpc) is 3.39. The highest BCUT2D eigenvalue weighted by Crippen LogP contribution is 2.41. The highest BCUT2D eigenvalue weighted by Gasteiger charge is 2.25. The number of rotatable bonds is 9. The molecule has 182 valence electrons. The lowest BCUT2D eigenvalue weighted by Crippen LogP contribution is -2.11. The van der Waals surface area contributed by atoms with Gasteiger partial charge < -0.3 is 18.9 Å². The maximum atomic E-state index is 13.5. The first-order valence-corrected chi connectivity index (χ1v) is 11.9. The molecule has 4 aromatic rings. The Morgan fingerprint density at radius 1 is 0.889 bits per heavy atom. The molecule has 1 atom stereocenters. The van der Waals surface area contributed by atoms with Crippen molar-refractivity contribution in [2.24, 2.45) is 0 Å². The number of carbonyl (C=O) groups excluding carboxylic acids is 1. The van der Waals surface area contributed by atoms with E-state index in [0.717, 1.165) is 28.0 Å². The molecule has 0 N–H and O–H groups in total. The summed E-state index contributed by atoms with van der Waals surface area (Å²) < 4.78 is 22.7. The first-order chi connectivity index (χ1) is 17.6. The molecular weight excluding hydrogens is 452 g/mol. The predicted molar refractivity (Wildman–Crippen MR) is 138 cm³/mol. The molecule has 0 bridgehead atoms. The number of hydrogen-bond donors (Lipinski definition) is 0. The fourth-order valence-corrected chi connectivity index (χ4v) is 4.42. The normalized spacial score (nSPS) is 12.7. The Kier molecular flexibility index (Phi) is 6.89. The van der Waals surface area contributed by atoms with E-state index in [1.165, 1.54) is 0 Å². The summed E-state index contributed by atoms with van der Waals surface area (Å²) in [6.07, 6.45) is 0.275. The largest absolute Gasteiger partial charge is 0.497 e. The van der Waals surface area contributed by atoms with Gasteiger partial charge in [-0.05, 0) is 60.5 Å². The van der Waals surface area contributed by atoms with Crippen LogP contribution in [0.1, 0.15) is 45.0 Å². The SMILES string of the molecule is COc1ccc(C(=O)CC(c2ccc3c(c2)OCO3)c2cc(C)ccc2OCc2ccccc2)cc1. The van der Waals surface area contributed by atoms with Gasteiger partial charge in [0.1, 0.15) is 18.1 Å². The molecular formula is C31H28O5. The monoisotopic (exact) mass is 480 g/mol. The molecule has 0 fully saturated rings. The van der Waals surface area contributed by atoms with E-state index in [2.05, 4.69) is 6.07 Å². The van der Waals surface area contributed by atoms with Crippen LogP contribution in [0.2, 0.25) is 0 Å². The number of hydrogen-bond acceptors (Lipinski definition) is 5. The summed E-state index contributed by atoms with van der Waals surface area (Å²) in [6.45, 7) is 2.69. The van der Waals surface area contributed by atoms with Gasteiger partial charge in [0, 0.05) is 23.5 Å². The van der Waals surface area contributed by atoms with E-state index in [1.54, 1.807) is 19.2 Å². The third-order valence-electron chi connectivity index (χ3n) is 6.38. The third-order valence-corrected chi connectivity index (χ3v) is 6.38. The molecule has 36 heavy (non-hydrogen) atoms. The zero-order valence-electron chi connectivity index (χ0n) is 20.4. The van der Waals surface area contributed by atoms with Crippen molar-refractivity contribution in [1.82, 2.24) is 0 Å². The Labute approximate surface area is 211 Å². The van der Waals surface area contributed by atoms with Crippen LogP contribution in [0.15, 0.2) is 91.0 Å². The topological polar surface area (TPSA) is 54.0 Å². The fourth-order valence-electron chi connectivity index (χ4n) is 4.42. The number of fused-ring (bicyclic) bond motifs is 1. The van der Waals surface area contributed by atoms with E-state index in [9.17, 15) is 4.79 Å². The van der Waals surface area contributed by atoms with Crippen molar-refractivity contribution in [2.75, 3.05) is 13.9 Å². The summed E-state index contributed by atoms with van der Waals surface area (Å²) in [7, 11) is 1.61. The Morgan fingerprint density at radius 3 is 2.44 bits per heavy atom. The second-order valence-corrected chi connectivity index (χ2v) is 8.84. The lowest BCUT2D eigenvalue weighted by Gasteiger charge is -2.22. The van der Waals surface area contributed by atoms with Crippen molar-refractivity contribution in [3.8, 4) is 23.0 Å². The summed E-state index contributed by atoms with van der Waals surface area (Å²) in [4.78, 5) is 13.5. The Morgan fingerprint density at radius 2 is 1.67 bits per heavy atom. The average molecular weight is 481 g/mol. The molecule has 5 rings (SSSR count). The van der Waals surface area contributed by atoms with Crippen molar-refractivity contribution >= 4 is 5.78 Å². The van der Waals surface area contributed by atoms with Crippen LogP contribution in [0.25, 0.3) is 0 Å². The molecule has 0 saturated heterocycles. The highest BCUT2D eigenvalue weighted by atomic mass is 16.7. The molecule has 0 spiro atoms. The Bertz CT molecular complexity index is 1350. The summed E-state index contributed by atoms with van der Waals surface area (Å²) in [5.74, 6) is 2.68. The van der Waals surface area contributed by atoms with E-state index in [1.807, 2.05) is 79.7 Å². The molecule has 5 nitrogen and oxygen atoms in total. The number of benzene rings is 4. The van der Waals surface area contributed by atoms with Crippen molar-refractivity contribution in [3.63, 3.8) is 0 Å². The van der Waals surface area contributed by atoms with Crippen LogP contribution in [-0.4, -0.2) is 19.7 Å². The number of ketones is 1. The first-order valence-electron chi connectivity index (χ1n) is 11.9. The van der Waals surface area contributed by atoms with Crippen LogP contribution in [0.5, 0.6) is 23.0 Å². The summed E-state index contributed by atoms with van der Waals surface area (Å²) in [6, 6.07) is 29.3. The Hall–Kier alpha value is -4.25. The van der Waals surface area contributed by atoms with E-state index >= 15 is 0 Å². The summed E-state index contributed by atoms with van der Waals surface area (Å²) in [5, 5.41) is 0.